The first-order valence-corrected chi connectivity index (χ1v) is 11.1. The van der Waals surface area contributed by atoms with Crippen LogP contribution < -0.4 is 15.5 Å². The molecule has 0 spiro atoms. The average Bonchev–Trinajstić information content (AvgIpc) is 2.80. The van der Waals surface area contributed by atoms with Gasteiger partial charge in [0.1, 0.15) is 5.82 Å². The van der Waals surface area contributed by atoms with Gasteiger partial charge in [-0.15, -0.1) is 0 Å². The minimum Gasteiger partial charge on any atom is -0.341 e. The SMILES string of the molecule is Cc1cc(Nc2ccc(NC(=O)/C=C/c3ccccc3C)cc2)nc(N2CCCCC2)n1. The van der Waals surface area contributed by atoms with Crippen molar-refractivity contribution < 1.29 is 4.79 Å². The number of amides is 1. The van der Waals surface area contributed by atoms with Gasteiger partial charge in [-0.05, 0) is 74.6 Å². The number of benzene rings is 2. The van der Waals surface area contributed by atoms with E-state index in [1.165, 1.54) is 19.3 Å². The molecule has 3 aromatic rings. The van der Waals surface area contributed by atoms with E-state index in [9.17, 15) is 4.79 Å². The first kappa shape index (κ1) is 21.6. The number of nitrogens with one attached hydrogen (secondary N) is 2. The molecule has 6 heteroatoms. The van der Waals surface area contributed by atoms with Gasteiger partial charge in [-0.2, -0.15) is 4.98 Å². The lowest BCUT2D eigenvalue weighted by Gasteiger charge is -2.27. The van der Waals surface area contributed by atoms with E-state index in [0.29, 0.717) is 0 Å². The van der Waals surface area contributed by atoms with Crippen LogP contribution in [0, 0.1) is 13.8 Å². The van der Waals surface area contributed by atoms with E-state index in [1.807, 2.05) is 74.5 Å². The predicted molar refractivity (Wildman–Crippen MR) is 131 cm³/mol. The van der Waals surface area contributed by atoms with Crippen LogP contribution in [0.25, 0.3) is 6.08 Å². The Morgan fingerprint density at radius 1 is 0.938 bits per heavy atom. The molecule has 0 radical (unpaired) electrons. The summed E-state index contributed by atoms with van der Waals surface area (Å²) >= 11 is 0. The van der Waals surface area contributed by atoms with Gasteiger partial charge >= 0.3 is 0 Å². The van der Waals surface area contributed by atoms with Gasteiger partial charge in [-0.3, -0.25) is 4.79 Å². The second kappa shape index (κ2) is 10.1. The number of hydrogen-bond acceptors (Lipinski definition) is 5. The Bertz CT molecular complexity index is 1100. The summed E-state index contributed by atoms with van der Waals surface area (Å²) in [6.45, 7) is 6.03. The Balaban J connectivity index is 1.38. The lowest BCUT2D eigenvalue weighted by Crippen LogP contribution is -2.31. The Hall–Kier alpha value is -3.67. The number of rotatable bonds is 6. The molecule has 1 fully saturated rings. The van der Waals surface area contributed by atoms with E-state index >= 15 is 0 Å². The van der Waals surface area contributed by atoms with Crippen LogP contribution in [0.4, 0.5) is 23.1 Å². The van der Waals surface area contributed by atoms with Gasteiger partial charge in [0, 0.05) is 42.3 Å². The van der Waals surface area contributed by atoms with Crippen molar-refractivity contribution in [3.63, 3.8) is 0 Å². The molecule has 2 heterocycles. The molecule has 0 atom stereocenters. The summed E-state index contributed by atoms with van der Waals surface area (Å²) in [5.74, 6) is 1.40. The van der Waals surface area contributed by atoms with Gasteiger partial charge in [0.15, 0.2) is 0 Å². The summed E-state index contributed by atoms with van der Waals surface area (Å²) in [6.07, 6.45) is 7.04. The van der Waals surface area contributed by atoms with Gasteiger partial charge in [0.2, 0.25) is 11.9 Å². The van der Waals surface area contributed by atoms with E-state index in [0.717, 1.165) is 53.1 Å². The van der Waals surface area contributed by atoms with Crippen molar-refractivity contribution >= 4 is 35.1 Å². The first-order valence-electron chi connectivity index (χ1n) is 11.1. The highest BCUT2D eigenvalue weighted by Crippen LogP contribution is 2.22. The largest absolute Gasteiger partial charge is 0.341 e. The Labute approximate surface area is 189 Å². The average molecular weight is 428 g/mol. The summed E-state index contributed by atoms with van der Waals surface area (Å²) in [6, 6.07) is 17.5. The molecule has 0 aliphatic carbocycles. The third-order valence-corrected chi connectivity index (χ3v) is 5.51. The highest BCUT2D eigenvalue weighted by molar-refractivity contribution is 6.02. The Kier molecular flexibility index (Phi) is 6.80. The number of anilines is 4. The maximum atomic E-state index is 12.3. The van der Waals surface area contributed by atoms with E-state index in [1.54, 1.807) is 6.08 Å². The maximum Gasteiger partial charge on any atom is 0.248 e. The predicted octanol–water partition coefficient (Wildman–Crippen LogP) is 5.48. The molecular weight excluding hydrogens is 398 g/mol. The molecule has 1 aliphatic heterocycles. The molecule has 1 aliphatic rings. The summed E-state index contributed by atoms with van der Waals surface area (Å²) in [4.78, 5) is 23.8. The minimum absolute atomic E-state index is 0.161. The molecule has 1 aromatic heterocycles. The Morgan fingerprint density at radius 2 is 1.66 bits per heavy atom. The number of nitrogens with zero attached hydrogens (tertiary/aromatic N) is 3. The monoisotopic (exact) mass is 427 g/mol. The van der Waals surface area contributed by atoms with Crippen LogP contribution in [0.2, 0.25) is 0 Å². The fourth-order valence-corrected chi connectivity index (χ4v) is 3.76. The lowest BCUT2D eigenvalue weighted by molar-refractivity contribution is -0.111. The second-order valence-corrected chi connectivity index (χ2v) is 8.12. The number of aryl methyl sites for hydroxylation is 2. The second-order valence-electron chi connectivity index (χ2n) is 8.12. The van der Waals surface area contributed by atoms with Crippen LogP contribution in [0.1, 0.15) is 36.1 Å². The molecule has 0 unspecified atom stereocenters. The van der Waals surface area contributed by atoms with Crippen LogP contribution >= 0.6 is 0 Å². The van der Waals surface area contributed by atoms with Crippen molar-refractivity contribution in [3.8, 4) is 0 Å². The van der Waals surface area contributed by atoms with Gasteiger partial charge in [-0.25, -0.2) is 4.98 Å². The number of aromatic nitrogens is 2. The zero-order valence-corrected chi connectivity index (χ0v) is 18.6. The number of carbonyl (C=O) groups excluding carboxylic acids is 1. The summed E-state index contributed by atoms with van der Waals surface area (Å²) in [5.41, 5.74) is 4.75. The van der Waals surface area contributed by atoms with Gasteiger partial charge in [0.05, 0.1) is 0 Å². The van der Waals surface area contributed by atoms with Crippen molar-refractivity contribution in [2.24, 2.45) is 0 Å². The maximum absolute atomic E-state index is 12.3. The van der Waals surface area contributed by atoms with Crippen molar-refractivity contribution in [1.82, 2.24) is 9.97 Å². The van der Waals surface area contributed by atoms with Crippen LogP contribution in [0.5, 0.6) is 0 Å². The third-order valence-electron chi connectivity index (χ3n) is 5.51. The molecule has 4 rings (SSSR count). The van der Waals surface area contributed by atoms with E-state index in [4.69, 9.17) is 4.98 Å². The first-order chi connectivity index (χ1) is 15.6. The highest BCUT2D eigenvalue weighted by Gasteiger charge is 2.14. The van der Waals surface area contributed by atoms with Crippen molar-refractivity contribution in [1.29, 1.82) is 0 Å². The zero-order chi connectivity index (χ0) is 22.3. The molecule has 32 heavy (non-hydrogen) atoms. The van der Waals surface area contributed by atoms with Crippen LogP contribution in [0.15, 0.2) is 60.7 Å². The number of carbonyl (C=O) groups is 1. The number of piperidine rings is 1. The van der Waals surface area contributed by atoms with Crippen molar-refractivity contribution in [2.45, 2.75) is 33.1 Å². The number of hydrogen-bond donors (Lipinski definition) is 2. The van der Waals surface area contributed by atoms with E-state index < -0.39 is 0 Å². The third kappa shape index (κ3) is 5.72. The van der Waals surface area contributed by atoms with Crippen molar-refractivity contribution in [3.05, 3.63) is 77.5 Å². The topological polar surface area (TPSA) is 70.2 Å². The fourth-order valence-electron chi connectivity index (χ4n) is 3.76. The quantitative estimate of drug-likeness (QED) is 0.510. The fraction of sp³-hybridized carbons (Fsp3) is 0.269. The smallest absolute Gasteiger partial charge is 0.248 e. The molecule has 0 bridgehead atoms. The molecular formula is C26H29N5O. The molecule has 6 nitrogen and oxygen atoms in total. The summed E-state index contributed by atoms with van der Waals surface area (Å²) < 4.78 is 0. The lowest BCUT2D eigenvalue weighted by atomic mass is 10.1. The zero-order valence-electron chi connectivity index (χ0n) is 18.6. The molecule has 2 aromatic carbocycles. The van der Waals surface area contributed by atoms with E-state index in [2.05, 4.69) is 20.5 Å². The molecule has 164 valence electrons. The van der Waals surface area contributed by atoms with Crippen LogP contribution in [-0.2, 0) is 4.79 Å². The summed E-state index contributed by atoms with van der Waals surface area (Å²) in [7, 11) is 0. The van der Waals surface area contributed by atoms with Gasteiger partial charge < -0.3 is 15.5 Å². The van der Waals surface area contributed by atoms with E-state index in [-0.39, 0.29) is 5.91 Å². The van der Waals surface area contributed by atoms with Gasteiger partial charge in [-0.1, -0.05) is 24.3 Å². The van der Waals surface area contributed by atoms with Gasteiger partial charge in [0.25, 0.3) is 0 Å². The standard InChI is InChI=1S/C26H29N5O/c1-19-8-4-5-9-21(19)10-15-25(32)29-23-13-11-22(12-14-23)28-24-18-20(2)27-26(30-24)31-16-6-3-7-17-31/h4-5,8-15,18H,3,6-7,16-17H2,1-2H3,(H,29,32)(H,27,28,30)/b15-10+. The van der Waals surface area contributed by atoms with Crippen LogP contribution in [-0.4, -0.2) is 29.0 Å². The molecule has 0 saturated carbocycles. The highest BCUT2D eigenvalue weighted by atomic mass is 16.1. The molecule has 1 saturated heterocycles. The Morgan fingerprint density at radius 3 is 2.41 bits per heavy atom. The van der Waals surface area contributed by atoms with Crippen LogP contribution in [0.3, 0.4) is 0 Å². The summed E-state index contributed by atoms with van der Waals surface area (Å²) in [5, 5.41) is 6.25. The van der Waals surface area contributed by atoms with Crippen molar-refractivity contribution in [2.75, 3.05) is 28.6 Å². The molecule has 2 N–H and O–H groups in total. The molecule has 1 amide bonds. The minimum atomic E-state index is -0.161. The normalized spacial score (nSPS) is 13.9.